The molecule has 0 aliphatic rings. The van der Waals surface area contributed by atoms with E-state index in [4.69, 9.17) is 9.47 Å². The van der Waals surface area contributed by atoms with Crippen LogP contribution in [0, 0.1) is 0 Å². The molecule has 1 aromatic carbocycles. The van der Waals surface area contributed by atoms with Gasteiger partial charge in [0.2, 0.25) is 0 Å². The number of aliphatic hydroxyl groups is 1. The maximum Gasteiger partial charge on any atom is 0.330 e. The Morgan fingerprint density at radius 3 is 2.32 bits per heavy atom. The van der Waals surface area contributed by atoms with Crippen LogP contribution in [0.4, 0.5) is 0 Å². The lowest BCUT2D eigenvalue weighted by Gasteiger charge is -2.26. The highest BCUT2D eigenvalue weighted by molar-refractivity contribution is 5.81. The molecular formula is C21H32O4. The Hall–Kier alpha value is -1.81. The van der Waals surface area contributed by atoms with Gasteiger partial charge >= 0.3 is 5.97 Å². The minimum absolute atomic E-state index is 0.270. The number of benzene rings is 1. The van der Waals surface area contributed by atoms with E-state index in [1.807, 2.05) is 30.3 Å². The highest BCUT2D eigenvalue weighted by atomic mass is 16.6. The summed E-state index contributed by atoms with van der Waals surface area (Å²) in [6, 6.07) is 9.43. The molecule has 0 amide bonds. The van der Waals surface area contributed by atoms with Crippen LogP contribution in [0.3, 0.4) is 0 Å². The van der Waals surface area contributed by atoms with Gasteiger partial charge in [-0.1, -0.05) is 70.2 Å². The third kappa shape index (κ3) is 9.30. The molecule has 1 aromatic rings. The molecule has 0 saturated carbocycles. The summed E-state index contributed by atoms with van der Waals surface area (Å²) in [6.07, 6.45) is 9.17. The van der Waals surface area contributed by atoms with Gasteiger partial charge < -0.3 is 14.6 Å². The van der Waals surface area contributed by atoms with Crippen molar-refractivity contribution in [2.45, 2.75) is 70.5 Å². The van der Waals surface area contributed by atoms with Gasteiger partial charge in [0.15, 0.2) is 6.10 Å². The molecule has 25 heavy (non-hydrogen) atoms. The Kier molecular flexibility index (Phi) is 11.4. The van der Waals surface area contributed by atoms with Gasteiger partial charge in [0.05, 0.1) is 6.61 Å². The Morgan fingerprint density at radius 2 is 1.72 bits per heavy atom. The topological polar surface area (TPSA) is 55.8 Å². The maximum atomic E-state index is 11.5. The lowest BCUT2D eigenvalue weighted by molar-refractivity contribution is -0.151. The van der Waals surface area contributed by atoms with Crippen molar-refractivity contribution in [1.82, 2.24) is 0 Å². The molecule has 0 bridgehead atoms. The summed E-state index contributed by atoms with van der Waals surface area (Å²) in [4.78, 5) is 11.5. The van der Waals surface area contributed by atoms with Gasteiger partial charge in [-0.15, -0.1) is 0 Å². The fraction of sp³-hybridized carbons (Fsp3) is 0.571. The largest absolute Gasteiger partial charge is 0.486 e. The van der Waals surface area contributed by atoms with Crippen LogP contribution in [-0.2, 0) is 9.53 Å². The van der Waals surface area contributed by atoms with E-state index in [0.29, 0.717) is 5.75 Å². The summed E-state index contributed by atoms with van der Waals surface area (Å²) in [7, 11) is 0. The molecule has 0 saturated heterocycles. The first-order chi connectivity index (χ1) is 12.2. The smallest absolute Gasteiger partial charge is 0.330 e. The second-order valence-corrected chi connectivity index (χ2v) is 6.24. The summed E-state index contributed by atoms with van der Waals surface area (Å²) in [6.45, 7) is 5.35. The molecule has 0 radical (unpaired) electrons. The van der Waals surface area contributed by atoms with Crippen molar-refractivity contribution in [3.63, 3.8) is 0 Å². The molecule has 2 unspecified atom stereocenters. The molecule has 0 fully saturated rings. The van der Waals surface area contributed by atoms with Crippen LogP contribution in [0.25, 0.3) is 0 Å². The molecule has 0 heterocycles. The number of unbranched alkanes of at least 4 members (excludes halogenated alkanes) is 6. The third-order valence-electron chi connectivity index (χ3n) is 4.15. The Balaban J connectivity index is 2.54. The number of aliphatic hydroxyl groups excluding tert-OH is 1. The molecular weight excluding hydrogens is 316 g/mol. The van der Waals surface area contributed by atoms with Crippen molar-refractivity contribution < 1.29 is 19.4 Å². The molecule has 0 spiro atoms. The number of rotatable bonds is 14. The minimum atomic E-state index is -0.689. The zero-order valence-corrected chi connectivity index (χ0v) is 15.4. The number of hydrogen-bond acceptors (Lipinski definition) is 4. The van der Waals surface area contributed by atoms with Crippen LogP contribution in [0.5, 0.6) is 5.75 Å². The first-order valence-electron chi connectivity index (χ1n) is 9.36. The third-order valence-corrected chi connectivity index (χ3v) is 4.15. The second-order valence-electron chi connectivity index (χ2n) is 6.24. The standard InChI is InChI=1S/C21H32O4/c1-3-5-6-7-8-9-13-16-19(20(17-22)25-21(23)4-2)24-18-14-11-10-12-15-18/h4,10-12,14-15,19-20,22H,2-3,5-9,13,16-17H2,1H3. The van der Waals surface area contributed by atoms with E-state index in [1.165, 1.54) is 32.1 Å². The summed E-state index contributed by atoms with van der Waals surface area (Å²) in [5.74, 6) is 0.170. The fourth-order valence-electron chi connectivity index (χ4n) is 2.73. The van der Waals surface area contributed by atoms with Gasteiger partial charge in [0.1, 0.15) is 11.9 Å². The first-order valence-corrected chi connectivity index (χ1v) is 9.36. The van der Waals surface area contributed by atoms with Gasteiger partial charge in [0.25, 0.3) is 0 Å². The van der Waals surface area contributed by atoms with Crippen molar-refractivity contribution >= 4 is 5.97 Å². The SMILES string of the molecule is C=CC(=O)OC(CO)C(CCCCCCCCC)Oc1ccccc1. The van der Waals surface area contributed by atoms with E-state index < -0.39 is 12.1 Å². The predicted molar refractivity (Wildman–Crippen MR) is 101 cm³/mol. The van der Waals surface area contributed by atoms with Crippen LogP contribution >= 0.6 is 0 Å². The van der Waals surface area contributed by atoms with Crippen LogP contribution in [-0.4, -0.2) is 29.9 Å². The zero-order valence-electron chi connectivity index (χ0n) is 15.4. The molecule has 0 aliphatic heterocycles. The molecule has 4 nitrogen and oxygen atoms in total. The van der Waals surface area contributed by atoms with Crippen molar-refractivity contribution in [3.8, 4) is 5.75 Å². The van der Waals surface area contributed by atoms with Gasteiger partial charge in [-0.05, 0) is 25.0 Å². The summed E-state index contributed by atoms with van der Waals surface area (Å²) in [5.41, 5.74) is 0. The van der Waals surface area contributed by atoms with E-state index in [0.717, 1.165) is 25.3 Å². The lowest BCUT2D eigenvalue weighted by Crippen LogP contribution is -2.38. The van der Waals surface area contributed by atoms with Crippen LogP contribution < -0.4 is 4.74 Å². The molecule has 2 atom stereocenters. The first kappa shape index (κ1) is 21.2. The summed E-state index contributed by atoms with van der Waals surface area (Å²) < 4.78 is 11.2. The van der Waals surface area contributed by atoms with Crippen molar-refractivity contribution in [3.05, 3.63) is 43.0 Å². The average molecular weight is 348 g/mol. The molecule has 0 aliphatic carbocycles. The molecule has 0 aromatic heterocycles. The highest BCUT2D eigenvalue weighted by Crippen LogP contribution is 2.19. The maximum absolute atomic E-state index is 11.5. The lowest BCUT2D eigenvalue weighted by atomic mass is 10.0. The number of ether oxygens (including phenoxy) is 2. The zero-order chi connectivity index (χ0) is 18.3. The second kappa shape index (κ2) is 13.5. The van der Waals surface area contributed by atoms with Crippen molar-refractivity contribution in [2.75, 3.05) is 6.61 Å². The normalized spacial score (nSPS) is 13.0. The van der Waals surface area contributed by atoms with Gasteiger partial charge in [0, 0.05) is 6.08 Å². The van der Waals surface area contributed by atoms with E-state index in [1.54, 1.807) is 0 Å². The van der Waals surface area contributed by atoms with E-state index in [9.17, 15) is 9.90 Å². The Bertz CT molecular complexity index is 472. The summed E-state index contributed by atoms with van der Waals surface area (Å²) in [5, 5.41) is 9.63. The quantitative estimate of drug-likeness (QED) is 0.302. The van der Waals surface area contributed by atoms with Crippen molar-refractivity contribution in [2.24, 2.45) is 0 Å². The number of para-hydroxylation sites is 1. The number of carbonyl (C=O) groups is 1. The van der Waals surface area contributed by atoms with Crippen LogP contribution in [0.2, 0.25) is 0 Å². The summed E-state index contributed by atoms with van der Waals surface area (Å²) >= 11 is 0. The molecule has 1 rings (SSSR count). The monoisotopic (exact) mass is 348 g/mol. The number of esters is 1. The van der Waals surface area contributed by atoms with Gasteiger partial charge in [-0.3, -0.25) is 0 Å². The number of carbonyl (C=O) groups excluding carboxylic acids is 1. The number of hydrogen-bond donors (Lipinski definition) is 1. The predicted octanol–water partition coefficient (Wildman–Crippen LogP) is 4.66. The Morgan fingerprint density at radius 1 is 1.08 bits per heavy atom. The molecule has 140 valence electrons. The van der Waals surface area contributed by atoms with Crippen LogP contribution in [0.15, 0.2) is 43.0 Å². The Labute approximate surface area is 151 Å². The van der Waals surface area contributed by atoms with Gasteiger partial charge in [-0.25, -0.2) is 4.79 Å². The van der Waals surface area contributed by atoms with Crippen LogP contribution in [0.1, 0.15) is 58.3 Å². The van der Waals surface area contributed by atoms with Crippen molar-refractivity contribution in [1.29, 1.82) is 0 Å². The van der Waals surface area contributed by atoms with E-state index in [2.05, 4.69) is 13.5 Å². The van der Waals surface area contributed by atoms with Gasteiger partial charge in [-0.2, -0.15) is 0 Å². The molecule has 1 N–H and O–H groups in total. The van der Waals surface area contributed by atoms with E-state index >= 15 is 0 Å². The highest BCUT2D eigenvalue weighted by Gasteiger charge is 2.25. The van der Waals surface area contributed by atoms with E-state index in [-0.39, 0.29) is 12.7 Å². The minimum Gasteiger partial charge on any atom is -0.486 e. The molecule has 4 heteroatoms. The average Bonchev–Trinajstić information content (AvgIpc) is 2.65. The fourth-order valence-corrected chi connectivity index (χ4v) is 2.73.